The van der Waals surface area contributed by atoms with E-state index in [-0.39, 0.29) is 11.8 Å². The molecule has 0 saturated carbocycles. The van der Waals surface area contributed by atoms with Crippen molar-refractivity contribution in [1.82, 2.24) is 20.3 Å². The Morgan fingerprint density at radius 1 is 0.848 bits per heavy atom. The molecule has 0 radical (unpaired) electrons. The number of rotatable bonds is 8. The van der Waals surface area contributed by atoms with Crippen LogP contribution in [0.25, 0.3) is 22.2 Å². The molecule has 0 aliphatic carbocycles. The molecule has 46 heavy (non-hydrogen) atoms. The predicted octanol–water partition coefficient (Wildman–Crippen LogP) is 6.33. The molecule has 4 aromatic carbocycles. The first-order valence-electron chi connectivity index (χ1n) is 15.6. The van der Waals surface area contributed by atoms with Gasteiger partial charge in [-0.1, -0.05) is 87.0 Å². The summed E-state index contributed by atoms with van der Waals surface area (Å²) in [5.74, 6) is -1.30. The van der Waals surface area contributed by atoms with E-state index < -0.39 is 23.9 Å². The van der Waals surface area contributed by atoms with Crippen LogP contribution in [0.5, 0.6) is 0 Å². The zero-order valence-electron chi connectivity index (χ0n) is 26.8. The van der Waals surface area contributed by atoms with Gasteiger partial charge in [0, 0.05) is 54.4 Å². The van der Waals surface area contributed by atoms with E-state index in [1.54, 1.807) is 17.0 Å². The van der Waals surface area contributed by atoms with Crippen molar-refractivity contribution in [3.63, 3.8) is 0 Å². The maximum atomic E-state index is 14.4. The van der Waals surface area contributed by atoms with Crippen molar-refractivity contribution in [2.24, 2.45) is 13.0 Å². The average Bonchev–Trinajstić information content (AvgIpc) is 3.54. The zero-order chi connectivity index (χ0) is 32.5. The van der Waals surface area contributed by atoms with Crippen LogP contribution in [-0.4, -0.2) is 47.3 Å². The van der Waals surface area contributed by atoms with Gasteiger partial charge in [0.05, 0.1) is 11.7 Å². The third-order valence-corrected chi connectivity index (χ3v) is 9.16. The molecule has 3 amide bonds. The number of benzene rings is 4. The molecule has 2 N–H and O–H groups in total. The Morgan fingerprint density at radius 3 is 2.20 bits per heavy atom. The van der Waals surface area contributed by atoms with Crippen LogP contribution < -0.4 is 15.8 Å². The second kappa shape index (κ2) is 12.6. The highest BCUT2D eigenvalue weighted by Crippen LogP contribution is 2.48. The zero-order valence-corrected chi connectivity index (χ0v) is 26.8. The fraction of sp³-hybridized carbons (Fsp3) is 0.237. The van der Waals surface area contributed by atoms with E-state index in [0.717, 1.165) is 39.0 Å². The van der Waals surface area contributed by atoms with Crippen molar-refractivity contribution in [3.8, 4) is 11.3 Å². The van der Waals surface area contributed by atoms with Gasteiger partial charge in [-0.3, -0.25) is 25.2 Å². The van der Waals surface area contributed by atoms with E-state index in [9.17, 15) is 14.4 Å². The number of nitrogens with one attached hydrogen (secondary N) is 2. The van der Waals surface area contributed by atoms with Crippen LogP contribution >= 0.6 is 0 Å². The monoisotopic (exact) mass is 613 g/mol. The van der Waals surface area contributed by atoms with Gasteiger partial charge in [-0.15, -0.1) is 0 Å². The van der Waals surface area contributed by atoms with Crippen molar-refractivity contribution in [1.29, 1.82) is 0 Å². The van der Waals surface area contributed by atoms with Crippen LogP contribution in [0.4, 0.5) is 5.69 Å². The van der Waals surface area contributed by atoms with Crippen molar-refractivity contribution >= 4 is 34.3 Å². The Balaban J connectivity index is 1.44. The fourth-order valence-corrected chi connectivity index (χ4v) is 6.62. The van der Waals surface area contributed by atoms with Gasteiger partial charge in [-0.2, -0.15) is 0 Å². The van der Waals surface area contributed by atoms with Crippen molar-refractivity contribution in [2.45, 2.75) is 32.4 Å². The molecular formula is C38H39N5O3. The largest absolute Gasteiger partial charge is 0.378 e. The van der Waals surface area contributed by atoms with Crippen LogP contribution in [0.15, 0.2) is 103 Å². The molecule has 1 aliphatic rings. The van der Waals surface area contributed by atoms with Crippen LogP contribution in [0.3, 0.4) is 0 Å². The number of hydrogen-bond acceptors (Lipinski definition) is 4. The van der Waals surface area contributed by atoms with Crippen LogP contribution in [0, 0.1) is 5.92 Å². The minimum atomic E-state index is -0.867. The van der Waals surface area contributed by atoms with Crippen molar-refractivity contribution < 1.29 is 14.4 Å². The molecule has 1 aliphatic heterocycles. The number of fused-ring (bicyclic) bond motifs is 2. The third-order valence-electron chi connectivity index (χ3n) is 9.16. The van der Waals surface area contributed by atoms with E-state index in [4.69, 9.17) is 0 Å². The number of nitrogens with zero attached hydrogens (tertiary/aromatic N) is 3. The van der Waals surface area contributed by atoms with Crippen LogP contribution in [0.2, 0.25) is 0 Å². The lowest BCUT2D eigenvalue weighted by atomic mass is 9.90. The summed E-state index contributed by atoms with van der Waals surface area (Å²) in [6.45, 7) is 3.98. The Morgan fingerprint density at radius 2 is 1.50 bits per heavy atom. The SMILES string of the molecule is CCC(C)C(C(=O)NNC(=O)c1ccc(N(C)C)cc1)N1C(=O)c2ccccc2C1c1c(-c2ccccc2)n(C)c2ccccc12. The Hall–Kier alpha value is -5.37. The maximum absolute atomic E-state index is 14.4. The third kappa shape index (κ3) is 5.30. The quantitative estimate of drug-likeness (QED) is 0.200. The molecular weight excluding hydrogens is 574 g/mol. The van der Waals surface area contributed by atoms with Gasteiger partial charge in [0.1, 0.15) is 6.04 Å². The van der Waals surface area contributed by atoms with Crippen LogP contribution in [-0.2, 0) is 11.8 Å². The Bertz CT molecular complexity index is 1910. The molecule has 0 fully saturated rings. The number of para-hydroxylation sites is 1. The van der Waals surface area contributed by atoms with E-state index in [1.165, 1.54) is 0 Å². The van der Waals surface area contributed by atoms with Gasteiger partial charge in [-0.25, -0.2) is 0 Å². The number of carbonyl (C=O) groups is 3. The Kier molecular flexibility index (Phi) is 8.37. The molecule has 5 aromatic rings. The van der Waals surface area contributed by atoms with Gasteiger partial charge in [-0.05, 0) is 53.4 Å². The lowest BCUT2D eigenvalue weighted by Gasteiger charge is -2.36. The number of hydrazine groups is 1. The van der Waals surface area contributed by atoms with Crippen LogP contribution in [0.1, 0.15) is 58.2 Å². The molecule has 6 rings (SSSR count). The molecule has 0 bridgehead atoms. The van der Waals surface area contributed by atoms with Gasteiger partial charge in [0.25, 0.3) is 17.7 Å². The summed E-state index contributed by atoms with van der Waals surface area (Å²) in [5.41, 5.74) is 12.1. The number of aryl methyl sites for hydroxylation is 1. The molecule has 8 heteroatoms. The second-order valence-electron chi connectivity index (χ2n) is 12.1. The summed E-state index contributed by atoms with van der Waals surface area (Å²) >= 11 is 0. The molecule has 3 unspecified atom stereocenters. The summed E-state index contributed by atoms with van der Waals surface area (Å²) in [6.07, 6.45) is 0.645. The predicted molar refractivity (Wildman–Crippen MR) is 182 cm³/mol. The second-order valence-corrected chi connectivity index (χ2v) is 12.1. The van der Waals surface area contributed by atoms with Gasteiger partial charge in [0.15, 0.2) is 0 Å². The van der Waals surface area contributed by atoms with E-state index in [2.05, 4.69) is 39.7 Å². The number of hydrogen-bond donors (Lipinski definition) is 2. The standard InChI is InChI=1S/C38H39N5O3/c1-6-24(2)33(37(45)40-39-36(44)26-20-22-27(23-21-26)41(3)4)43-35(28-16-10-11-17-29(28)38(43)46)32-30-18-12-13-19-31(30)42(5)34(32)25-14-8-7-9-15-25/h7-24,33,35H,6H2,1-5H3,(H,39,44)(H,40,45). The summed E-state index contributed by atoms with van der Waals surface area (Å²) < 4.78 is 2.17. The van der Waals surface area contributed by atoms with Gasteiger partial charge in [0.2, 0.25) is 0 Å². The highest BCUT2D eigenvalue weighted by atomic mass is 16.2. The molecule has 8 nitrogen and oxygen atoms in total. The van der Waals surface area contributed by atoms with E-state index in [0.29, 0.717) is 17.5 Å². The molecule has 234 valence electrons. The minimum absolute atomic E-state index is 0.210. The lowest BCUT2D eigenvalue weighted by molar-refractivity contribution is -0.128. The first-order chi connectivity index (χ1) is 22.2. The van der Waals surface area contributed by atoms with E-state index >= 15 is 0 Å². The number of amides is 3. The molecule has 1 aromatic heterocycles. The fourth-order valence-electron chi connectivity index (χ4n) is 6.62. The highest BCUT2D eigenvalue weighted by Gasteiger charge is 2.47. The van der Waals surface area contributed by atoms with Gasteiger partial charge >= 0.3 is 0 Å². The first kappa shape index (κ1) is 30.6. The molecule has 3 atom stereocenters. The highest BCUT2D eigenvalue weighted by molar-refractivity contribution is 6.05. The number of anilines is 1. The van der Waals surface area contributed by atoms with Gasteiger partial charge < -0.3 is 14.4 Å². The summed E-state index contributed by atoms with van der Waals surface area (Å²) in [4.78, 5) is 45.4. The summed E-state index contributed by atoms with van der Waals surface area (Å²) in [7, 11) is 5.90. The normalized spacial score (nSPS) is 15.4. The molecule has 0 saturated heterocycles. The lowest BCUT2D eigenvalue weighted by Crippen LogP contribution is -2.55. The minimum Gasteiger partial charge on any atom is -0.378 e. The molecule has 0 spiro atoms. The van der Waals surface area contributed by atoms with Crippen molar-refractivity contribution in [2.75, 3.05) is 19.0 Å². The summed E-state index contributed by atoms with van der Waals surface area (Å²) in [5, 5.41) is 1.01. The molecule has 2 heterocycles. The average molecular weight is 614 g/mol. The van der Waals surface area contributed by atoms with E-state index in [1.807, 2.05) is 107 Å². The van der Waals surface area contributed by atoms with Crippen molar-refractivity contribution in [3.05, 3.63) is 125 Å². The smallest absolute Gasteiger partial charge is 0.269 e. The maximum Gasteiger partial charge on any atom is 0.269 e. The number of aromatic nitrogens is 1. The summed E-state index contributed by atoms with van der Waals surface area (Å²) in [6, 6.07) is 31.7. The topological polar surface area (TPSA) is 86.7 Å². The Labute approximate surface area is 269 Å². The number of carbonyl (C=O) groups excluding carboxylic acids is 3. The first-order valence-corrected chi connectivity index (χ1v) is 15.6.